The highest BCUT2D eigenvalue weighted by Crippen LogP contribution is 1.32. The molecule has 0 amide bonds. The van der Waals surface area contributed by atoms with Crippen LogP contribution in [0.1, 0.15) is 0 Å². The van der Waals surface area contributed by atoms with Gasteiger partial charge in [0.15, 0.2) is 5.11 Å². The zero-order valence-electron chi connectivity index (χ0n) is 2.51. The molecule has 3 radical (unpaired) electrons. The summed E-state index contributed by atoms with van der Waals surface area (Å²) < 4.78 is 0. The van der Waals surface area contributed by atoms with E-state index in [4.69, 9.17) is 0 Å². The Morgan fingerprint density at radius 2 is 1.40 bits per heavy atom. The minimum absolute atomic E-state index is 0. The number of nitrogens with two attached hydrogens (primary N) is 2. The van der Waals surface area contributed by atoms with E-state index in [2.05, 4.69) is 23.7 Å². The molecule has 0 aromatic heterocycles. The Labute approximate surface area is 35.9 Å². The van der Waals surface area contributed by atoms with Crippen LogP contribution in [0.5, 0.6) is 0 Å². The number of rotatable bonds is 0. The van der Waals surface area contributed by atoms with E-state index in [0.29, 0.717) is 0 Å². The summed E-state index contributed by atoms with van der Waals surface area (Å²) in [4.78, 5) is 0. The van der Waals surface area contributed by atoms with Crippen molar-refractivity contribution in [3.63, 3.8) is 0 Å². The molecule has 0 rings (SSSR count). The van der Waals surface area contributed by atoms with Crippen molar-refractivity contribution in [1.82, 2.24) is 6.15 Å². The van der Waals surface area contributed by atoms with Gasteiger partial charge in [0.05, 0.1) is 0 Å². The van der Waals surface area contributed by atoms with Crippen LogP contribution in [0.2, 0.25) is 0 Å². The average Bonchev–Trinajstić information content (AvgIpc) is 0.811. The molecule has 0 aliphatic heterocycles. The highest BCUT2D eigenvalue weighted by atomic mass is 32.1. The van der Waals surface area contributed by atoms with Crippen LogP contribution in [-0.2, 0) is 0 Å². The van der Waals surface area contributed by atoms with E-state index in [0.717, 1.165) is 0 Å². The Balaban J connectivity index is 0. The lowest BCUT2D eigenvalue weighted by Crippen LogP contribution is -2.18. The van der Waals surface area contributed by atoms with E-state index in [1.807, 2.05) is 0 Å². The van der Waals surface area contributed by atoms with E-state index in [1.165, 1.54) is 0 Å². The number of hydrogen-bond acceptors (Lipinski definition) is 1. The molecule has 0 saturated heterocycles. The maximum Gasteiger partial charge on any atom is 0.160 e. The molecule has 0 aromatic rings. The molecule has 0 heterocycles. The van der Waals surface area contributed by atoms with Gasteiger partial charge in [-0.2, -0.15) is 0 Å². The fraction of sp³-hybridized carbons (Fsp3) is 0. The molecule has 3 nitrogen and oxygen atoms in total. The van der Waals surface area contributed by atoms with Gasteiger partial charge >= 0.3 is 0 Å². The van der Waals surface area contributed by atoms with Crippen molar-refractivity contribution in [3.05, 3.63) is 0 Å². The lowest BCUT2D eigenvalue weighted by atomic mass is 11.3. The topological polar surface area (TPSA) is 82.5 Å². The first kappa shape index (κ1) is 8.82. The van der Waals surface area contributed by atoms with Gasteiger partial charge in [0.25, 0.3) is 0 Å². The summed E-state index contributed by atoms with van der Waals surface area (Å²) in [7, 11) is 0. The monoisotopic (exact) mass is 90.0 g/mol. The SMILES string of the molecule is NC(N)=S.[N]. The Morgan fingerprint density at radius 3 is 1.40 bits per heavy atom. The second-order valence-electron chi connectivity index (χ2n) is 0.402. The van der Waals surface area contributed by atoms with Crippen LogP contribution in [0.3, 0.4) is 0 Å². The Hall–Kier alpha value is -0.350. The molecule has 5 heavy (non-hydrogen) atoms. The molecule has 0 saturated carbocycles. The van der Waals surface area contributed by atoms with E-state index in [-0.39, 0.29) is 11.3 Å². The van der Waals surface area contributed by atoms with Crippen molar-refractivity contribution in [2.45, 2.75) is 0 Å². The van der Waals surface area contributed by atoms with Gasteiger partial charge in [-0.1, -0.05) is 0 Å². The van der Waals surface area contributed by atoms with Crippen LogP contribution < -0.4 is 17.6 Å². The maximum absolute atomic E-state index is 4.62. The lowest BCUT2D eigenvalue weighted by molar-refractivity contribution is 1.65. The van der Waals surface area contributed by atoms with Gasteiger partial charge in [0.1, 0.15) is 0 Å². The fourth-order valence-corrected chi connectivity index (χ4v) is 0. The first-order valence-electron chi connectivity index (χ1n) is 0.781. The number of hydrogen-bond donors (Lipinski definition) is 2. The standard InChI is InChI=1S/CH4N2S.N/c2-1(3)4;/h(H4,2,3,4);. The van der Waals surface area contributed by atoms with Crippen molar-refractivity contribution >= 4 is 17.3 Å². The fourth-order valence-electron chi connectivity index (χ4n) is 0. The summed E-state index contributed by atoms with van der Waals surface area (Å²) >= 11 is 4.09. The first-order chi connectivity index (χ1) is 1.73. The predicted molar refractivity (Wildman–Crippen MR) is 23.1 cm³/mol. The summed E-state index contributed by atoms with van der Waals surface area (Å²) in [6.07, 6.45) is 0. The molecule has 4 N–H and O–H groups in total. The number of thiocarbonyl (C=S) groups is 1. The Morgan fingerprint density at radius 1 is 1.40 bits per heavy atom. The highest BCUT2D eigenvalue weighted by Gasteiger charge is 1.53. The molecule has 0 unspecified atom stereocenters. The highest BCUT2D eigenvalue weighted by molar-refractivity contribution is 7.80. The third kappa shape index (κ3) is 81.1. The van der Waals surface area contributed by atoms with Crippen molar-refractivity contribution in [3.8, 4) is 0 Å². The summed E-state index contributed by atoms with van der Waals surface area (Å²) in [6.45, 7) is 0. The quantitative estimate of drug-likeness (QED) is 0.363. The smallest absolute Gasteiger partial charge is 0.160 e. The van der Waals surface area contributed by atoms with Gasteiger partial charge < -0.3 is 11.5 Å². The summed E-state index contributed by atoms with van der Waals surface area (Å²) in [6, 6.07) is 0. The zero-order valence-corrected chi connectivity index (χ0v) is 3.33. The molecule has 29 valence electrons. The Bertz CT molecular complexity index is 29.9. The normalized spacial score (nSPS) is 4.80. The Kier molecular flexibility index (Phi) is 6.44. The van der Waals surface area contributed by atoms with Crippen molar-refractivity contribution in [2.75, 3.05) is 0 Å². The van der Waals surface area contributed by atoms with Gasteiger partial charge in [-0.3, -0.25) is 0 Å². The molecule has 0 fully saturated rings. The molecular formula is CH4N3S. The molecule has 0 spiro atoms. The van der Waals surface area contributed by atoms with E-state index >= 15 is 0 Å². The van der Waals surface area contributed by atoms with Crippen molar-refractivity contribution in [1.29, 1.82) is 0 Å². The van der Waals surface area contributed by atoms with Crippen LogP contribution >= 0.6 is 12.2 Å². The molecular weight excluding hydrogens is 86.1 g/mol. The largest absolute Gasteiger partial charge is 0.377 e. The summed E-state index contributed by atoms with van der Waals surface area (Å²) in [5, 5.41) is 0.000000000000000222. The van der Waals surface area contributed by atoms with Crippen LogP contribution in [-0.4, -0.2) is 5.11 Å². The van der Waals surface area contributed by atoms with Crippen LogP contribution in [0.15, 0.2) is 0 Å². The maximum atomic E-state index is 4.62. The first-order valence-corrected chi connectivity index (χ1v) is 1.19. The zero-order chi connectivity index (χ0) is 3.58. The van der Waals surface area contributed by atoms with Crippen LogP contribution in [0.25, 0.3) is 0 Å². The average molecular weight is 90.1 g/mol. The van der Waals surface area contributed by atoms with Gasteiger partial charge in [-0.25, -0.2) is 0 Å². The minimum atomic E-state index is 0. The molecule has 0 aromatic carbocycles. The summed E-state index contributed by atoms with van der Waals surface area (Å²) in [5.74, 6) is 0. The van der Waals surface area contributed by atoms with Gasteiger partial charge in [-0.15, -0.1) is 0 Å². The molecule has 0 aliphatic carbocycles. The second-order valence-corrected chi connectivity index (χ2v) is 0.874. The molecule has 4 heteroatoms. The minimum Gasteiger partial charge on any atom is -0.377 e. The van der Waals surface area contributed by atoms with Crippen molar-refractivity contribution in [2.24, 2.45) is 11.5 Å². The lowest BCUT2D eigenvalue weighted by Gasteiger charge is -1.68. The second kappa shape index (κ2) is 3.65. The predicted octanol–water partition coefficient (Wildman–Crippen LogP) is -1.29. The molecule has 0 atom stereocenters. The van der Waals surface area contributed by atoms with Crippen molar-refractivity contribution < 1.29 is 0 Å². The van der Waals surface area contributed by atoms with Gasteiger partial charge in [-0.05, 0) is 12.2 Å². The number of nitrogens with zero attached hydrogens (tertiary/aromatic N) is 1. The third-order valence-corrected chi connectivity index (χ3v) is 0. The van der Waals surface area contributed by atoms with E-state index in [9.17, 15) is 0 Å². The van der Waals surface area contributed by atoms with Gasteiger partial charge in [0.2, 0.25) is 0 Å². The van der Waals surface area contributed by atoms with Crippen LogP contribution in [0.4, 0.5) is 0 Å². The van der Waals surface area contributed by atoms with Gasteiger partial charge in [0, 0.05) is 6.15 Å². The third-order valence-electron chi connectivity index (χ3n) is 0. The van der Waals surface area contributed by atoms with E-state index in [1.54, 1.807) is 0 Å². The van der Waals surface area contributed by atoms with Crippen LogP contribution in [0, 0.1) is 0 Å². The van der Waals surface area contributed by atoms with E-state index < -0.39 is 0 Å². The molecule has 0 aliphatic rings. The summed E-state index contributed by atoms with van der Waals surface area (Å²) in [5.41, 5.74) is 9.24. The molecule has 0 bridgehead atoms.